The van der Waals surface area contributed by atoms with Crippen molar-refractivity contribution < 1.29 is 9.90 Å². The molecule has 0 amide bonds. The van der Waals surface area contributed by atoms with Crippen molar-refractivity contribution in [3.63, 3.8) is 0 Å². The Labute approximate surface area is 80.3 Å². The van der Waals surface area contributed by atoms with Crippen LogP contribution < -0.4 is 5.73 Å². The summed E-state index contributed by atoms with van der Waals surface area (Å²) >= 11 is 5.72. The van der Waals surface area contributed by atoms with Crippen LogP contribution in [-0.2, 0) is 6.42 Å². The largest absolute Gasteiger partial charge is 0.478 e. The minimum atomic E-state index is -1.07. The van der Waals surface area contributed by atoms with Crippen LogP contribution in [-0.4, -0.2) is 16.1 Å². The molecule has 0 radical (unpaired) electrons. The summed E-state index contributed by atoms with van der Waals surface area (Å²) < 4.78 is 0. The molecule has 5 heteroatoms. The van der Waals surface area contributed by atoms with E-state index in [1.165, 1.54) is 6.20 Å². The number of nitrogen functional groups attached to an aromatic ring is 1. The first-order chi connectivity index (χ1) is 6.07. The van der Waals surface area contributed by atoms with Crippen molar-refractivity contribution in [2.24, 2.45) is 0 Å². The number of pyridine rings is 1. The Hall–Kier alpha value is -1.29. The first-order valence-electron chi connectivity index (χ1n) is 3.74. The van der Waals surface area contributed by atoms with E-state index in [0.29, 0.717) is 12.0 Å². The third kappa shape index (κ3) is 1.72. The lowest BCUT2D eigenvalue weighted by Gasteiger charge is -2.07. The zero-order valence-corrected chi connectivity index (χ0v) is 7.80. The van der Waals surface area contributed by atoms with Crippen LogP contribution in [0.25, 0.3) is 0 Å². The number of aromatic nitrogens is 1. The fraction of sp³-hybridized carbons (Fsp3) is 0.250. The summed E-state index contributed by atoms with van der Waals surface area (Å²) in [5.41, 5.74) is 6.15. The van der Waals surface area contributed by atoms with Gasteiger partial charge in [0, 0.05) is 5.56 Å². The molecule has 1 heterocycles. The van der Waals surface area contributed by atoms with Crippen molar-refractivity contribution in [1.29, 1.82) is 0 Å². The highest BCUT2D eigenvalue weighted by atomic mass is 35.5. The third-order valence-corrected chi connectivity index (χ3v) is 2.05. The molecule has 0 bridgehead atoms. The SMILES string of the molecule is CCc1c(Cl)ncc(N)c1C(=O)O. The first-order valence-corrected chi connectivity index (χ1v) is 4.11. The maximum Gasteiger partial charge on any atom is 0.338 e. The molecule has 0 saturated heterocycles. The molecule has 1 aromatic rings. The van der Waals surface area contributed by atoms with Crippen molar-refractivity contribution in [2.45, 2.75) is 13.3 Å². The van der Waals surface area contributed by atoms with Gasteiger partial charge in [-0.25, -0.2) is 9.78 Å². The van der Waals surface area contributed by atoms with Crippen molar-refractivity contribution in [1.82, 2.24) is 4.98 Å². The van der Waals surface area contributed by atoms with Gasteiger partial charge in [-0.3, -0.25) is 0 Å². The summed E-state index contributed by atoms with van der Waals surface area (Å²) in [4.78, 5) is 14.6. The van der Waals surface area contributed by atoms with E-state index in [0.717, 1.165) is 0 Å². The molecule has 0 aliphatic heterocycles. The van der Waals surface area contributed by atoms with Crippen molar-refractivity contribution >= 4 is 23.3 Å². The van der Waals surface area contributed by atoms with Gasteiger partial charge in [0.25, 0.3) is 0 Å². The maximum atomic E-state index is 10.8. The first kappa shape index (κ1) is 9.80. The molecule has 1 rings (SSSR count). The van der Waals surface area contributed by atoms with Gasteiger partial charge in [-0.05, 0) is 6.42 Å². The molecule has 4 nitrogen and oxygen atoms in total. The van der Waals surface area contributed by atoms with Crippen LogP contribution in [0.2, 0.25) is 5.15 Å². The Kier molecular flexibility index (Phi) is 2.72. The molecular formula is C8H9ClN2O2. The molecule has 0 aliphatic carbocycles. The van der Waals surface area contributed by atoms with E-state index < -0.39 is 5.97 Å². The number of hydrogen-bond acceptors (Lipinski definition) is 3. The molecule has 70 valence electrons. The minimum Gasteiger partial charge on any atom is -0.478 e. The number of nitrogens with two attached hydrogens (primary N) is 1. The second kappa shape index (κ2) is 3.62. The molecule has 1 aromatic heterocycles. The number of hydrogen-bond donors (Lipinski definition) is 2. The Balaban J connectivity index is 3.43. The molecule has 3 N–H and O–H groups in total. The zero-order chi connectivity index (χ0) is 10.0. The van der Waals surface area contributed by atoms with Crippen LogP contribution in [0.3, 0.4) is 0 Å². The van der Waals surface area contributed by atoms with Crippen molar-refractivity contribution in [3.05, 3.63) is 22.5 Å². The number of carboxylic acid groups (broad SMARTS) is 1. The highest BCUT2D eigenvalue weighted by Crippen LogP contribution is 2.23. The van der Waals surface area contributed by atoms with Crippen LogP contribution in [0.15, 0.2) is 6.20 Å². The molecule has 0 spiro atoms. The second-order valence-electron chi connectivity index (χ2n) is 2.52. The Morgan fingerprint density at radius 2 is 2.38 bits per heavy atom. The number of carboxylic acids is 1. The highest BCUT2D eigenvalue weighted by Gasteiger charge is 2.16. The van der Waals surface area contributed by atoms with E-state index in [4.69, 9.17) is 22.4 Å². The van der Waals surface area contributed by atoms with E-state index in [-0.39, 0.29) is 16.4 Å². The van der Waals surface area contributed by atoms with Crippen LogP contribution in [0.5, 0.6) is 0 Å². The number of rotatable bonds is 2. The van der Waals surface area contributed by atoms with Crippen molar-refractivity contribution in [2.75, 3.05) is 5.73 Å². The average Bonchev–Trinajstić information content (AvgIpc) is 2.07. The molecule has 0 unspecified atom stereocenters. The maximum absolute atomic E-state index is 10.8. The topological polar surface area (TPSA) is 76.2 Å². The van der Waals surface area contributed by atoms with Gasteiger partial charge in [0.15, 0.2) is 0 Å². The number of aromatic carboxylic acids is 1. The Morgan fingerprint density at radius 3 is 2.77 bits per heavy atom. The fourth-order valence-corrected chi connectivity index (χ4v) is 1.40. The predicted molar refractivity (Wildman–Crippen MR) is 50.0 cm³/mol. The number of anilines is 1. The van der Waals surface area contributed by atoms with Gasteiger partial charge in [-0.15, -0.1) is 0 Å². The normalized spacial score (nSPS) is 10.0. The molecule has 0 fully saturated rings. The zero-order valence-electron chi connectivity index (χ0n) is 7.04. The summed E-state index contributed by atoms with van der Waals surface area (Å²) in [5.74, 6) is -1.07. The summed E-state index contributed by atoms with van der Waals surface area (Å²) in [5, 5.41) is 9.04. The lowest BCUT2D eigenvalue weighted by molar-refractivity contribution is 0.0697. The van der Waals surface area contributed by atoms with Gasteiger partial charge >= 0.3 is 5.97 Å². The summed E-state index contributed by atoms with van der Waals surface area (Å²) in [6.07, 6.45) is 1.75. The van der Waals surface area contributed by atoms with Crippen LogP contribution in [0.1, 0.15) is 22.8 Å². The van der Waals surface area contributed by atoms with Crippen LogP contribution in [0.4, 0.5) is 5.69 Å². The Bertz CT molecular complexity index is 352. The standard InChI is InChI=1S/C8H9ClN2O2/c1-2-4-6(8(12)13)5(10)3-11-7(4)9/h3H,2,10H2,1H3,(H,12,13). The molecule has 0 saturated carbocycles. The summed E-state index contributed by atoms with van der Waals surface area (Å²) in [6, 6.07) is 0. The number of carbonyl (C=O) groups is 1. The van der Waals surface area contributed by atoms with Gasteiger partial charge in [0.2, 0.25) is 0 Å². The van der Waals surface area contributed by atoms with Crippen LogP contribution >= 0.6 is 11.6 Å². The molecule has 0 atom stereocenters. The number of halogens is 1. The number of nitrogens with zero attached hydrogens (tertiary/aromatic N) is 1. The lowest BCUT2D eigenvalue weighted by Crippen LogP contribution is -2.08. The van der Waals surface area contributed by atoms with Gasteiger partial charge in [-0.2, -0.15) is 0 Å². The summed E-state index contributed by atoms with van der Waals surface area (Å²) in [6.45, 7) is 1.80. The van der Waals surface area contributed by atoms with Gasteiger partial charge in [0.1, 0.15) is 5.15 Å². The lowest BCUT2D eigenvalue weighted by atomic mass is 10.1. The smallest absolute Gasteiger partial charge is 0.338 e. The average molecular weight is 201 g/mol. The predicted octanol–water partition coefficient (Wildman–Crippen LogP) is 1.58. The van der Waals surface area contributed by atoms with Crippen molar-refractivity contribution in [3.8, 4) is 0 Å². The monoisotopic (exact) mass is 200 g/mol. The fourth-order valence-electron chi connectivity index (χ4n) is 1.12. The minimum absolute atomic E-state index is 0.0579. The second-order valence-corrected chi connectivity index (χ2v) is 2.87. The quantitative estimate of drug-likeness (QED) is 0.711. The highest BCUT2D eigenvalue weighted by molar-refractivity contribution is 6.30. The van der Waals surface area contributed by atoms with Crippen LogP contribution in [0, 0.1) is 0 Å². The van der Waals surface area contributed by atoms with E-state index >= 15 is 0 Å². The van der Waals surface area contributed by atoms with Gasteiger partial charge in [0.05, 0.1) is 17.4 Å². The van der Waals surface area contributed by atoms with E-state index in [2.05, 4.69) is 4.98 Å². The van der Waals surface area contributed by atoms with Gasteiger partial charge < -0.3 is 10.8 Å². The van der Waals surface area contributed by atoms with Gasteiger partial charge in [-0.1, -0.05) is 18.5 Å². The molecule has 0 aliphatic rings. The molecule has 0 aromatic carbocycles. The summed E-state index contributed by atoms with van der Waals surface area (Å²) in [7, 11) is 0. The molecule has 13 heavy (non-hydrogen) atoms. The Morgan fingerprint density at radius 1 is 1.77 bits per heavy atom. The van der Waals surface area contributed by atoms with E-state index in [9.17, 15) is 4.79 Å². The van der Waals surface area contributed by atoms with E-state index in [1.54, 1.807) is 6.92 Å². The third-order valence-electron chi connectivity index (χ3n) is 1.72. The van der Waals surface area contributed by atoms with E-state index in [1.807, 2.05) is 0 Å². The molecular weight excluding hydrogens is 192 g/mol.